The lowest BCUT2D eigenvalue weighted by Crippen LogP contribution is -2.37. The summed E-state index contributed by atoms with van der Waals surface area (Å²) in [6.07, 6.45) is 3.89. The van der Waals surface area contributed by atoms with E-state index in [-0.39, 0.29) is 22.5 Å². The van der Waals surface area contributed by atoms with Crippen LogP contribution in [0.5, 0.6) is 5.75 Å². The number of halogens is 1. The summed E-state index contributed by atoms with van der Waals surface area (Å²) >= 11 is 8.78. The molecule has 1 aliphatic rings. The molecule has 2 N–H and O–H groups in total. The van der Waals surface area contributed by atoms with Gasteiger partial charge in [-0.1, -0.05) is 42.6 Å². The van der Waals surface area contributed by atoms with E-state index < -0.39 is 15.9 Å². The van der Waals surface area contributed by atoms with Gasteiger partial charge in [0.1, 0.15) is 5.75 Å². The molecule has 2 aromatic rings. The van der Waals surface area contributed by atoms with Gasteiger partial charge in [0.15, 0.2) is 11.7 Å². The molecule has 0 aromatic heterocycles. The van der Waals surface area contributed by atoms with Gasteiger partial charge in [0.25, 0.3) is 5.91 Å². The highest BCUT2D eigenvalue weighted by Crippen LogP contribution is 2.32. The summed E-state index contributed by atoms with van der Waals surface area (Å²) in [6.45, 7) is 7.01. The molecule has 10 heteroatoms. The summed E-state index contributed by atoms with van der Waals surface area (Å²) in [7, 11) is -3.52. The maximum absolute atomic E-state index is 12.9. The summed E-state index contributed by atoms with van der Waals surface area (Å²) in [4.78, 5) is 12.6. The molecule has 1 heterocycles. The van der Waals surface area contributed by atoms with Crippen molar-refractivity contribution in [2.75, 3.05) is 25.0 Å². The fourth-order valence-corrected chi connectivity index (χ4v) is 5.97. The van der Waals surface area contributed by atoms with Crippen molar-refractivity contribution in [3.05, 3.63) is 52.0 Å². The number of thiocarbonyl (C=S) groups is 1. The molecule has 190 valence electrons. The Labute approximate surface area is 221 Å². The number of aryl methyl sites for hydroxylation is 1. The standard InChI is InChI=1S/C25H32BrN3O4S2/c1-17(2)21-15-22(26)18(3)14-23(21)33-16-24(30)28-25(34)27-19-8-10-20(11-9-19)35(31,32)29-12-6-4-5-7-13-29/h8-11,14-15,17H,4-7,12-13,16H2,1-3H3,(H2,27,28,30,34). The number of benzene rings is 2. The van der Waals surface area contributed by atoms with Gasteiger partial charge in [-0.15, -0.1) is 0 Å². The number of anilines is 1. The minimum absolute atomic E-state index is 0.109. The van der Waals surface area contributed by atoms with Crippen LogP contribution >= 0.6 is 28.1 Å². The molecule has 1 amide bonds. The van der Waals surface area contributed by atoms with Gasteiger partial charge in [0.2, 0.25) is 10.0 Å². The summed E-state index contributed by atoms with van der Waals surface area (Å²) in [6, 6.07) is 10.3. The Morgan fingerprint density at radius 3 is 2.34 bits per heavy atom. The zero-order chi connectivity index (χ0) is 25.6. The maximum Gasteiger partial charge on any atom is 0.264 e. The van der Waals surface area contributed by atoms with E-state index in [9.17, 15) is 13.2 Å². The van der Waals surface area contributed by atoms with Crippen molar-refractivity contribution in [2.24, 2.45) is 0 Å². The Morgan fingerprint density at radius 2 is 1.74 bits per heavy atom. The second-order valence-electron chi connectivity index (χ2n) is 8.93. The lowest BCUT2D eigenvalue weighted by molar-refractivity contribution is -0.121. The lowest BCUT2D eigenvalue weighted by atomic mass is 10.0. The van der Waals surface area contributed by atoms with Crippen LogP contribution in [0, 0.1) is 6.92 Å². The number of carbonyl (C=O) groups is 1. The van der Waals surface area contributed by atoms with Crippen LogP contribution in [0.25, 0.3) is 0 Å². The van der Waals surface area contributed by atoms with E-state index in [1.54, 1.807) is 28.6 Å². The smallest absolute Gasteiger partial charge is 0.264 e. The number of amides is 1. The first-order valence-electron chi connectivity index (χ1n) is 11.7. The molecule has 0 unspecified atom stereocenters. The number of hydrogen-bond acceptors (Lipinski definition) is 5. The number of sulfonamides is 1. The molecule has 0 spiro atoms. The molecule has 3 rings (SSSR count). The quantitative estimate of drug-likeness (QED) is 0.429. The van der Waals surface area contributed by atoms with Crippen molar-refractivity contribution in [1.82, 2.24) is 9.62 Å². The second kappa shape index (κ2) is 12.3. The minimum Gasteiger partial charge on any atom is -0.483 e. The van der Waals surface area contributed by atoms with Gasteiger partial charge in [0, 0.05) is 23.2 Å². The fourth-order valence-electron chi connectivity index (χ4n) is 3.86. The lowest BCUT2D eigenvalue weighted by Gasteiger charge is -2.20. The molecule has 1 aliphatic heterocycles. The molecule has 0 atom stereocenters. The van der Waals surface area contributed by atoms with Gasteiger partial charge in [-0.2, -0.15) is 4.31 Å². The number of ether oxygens (including phenoxy) is 1. The highest BCUT2D eigenvalue weighted by Gasteiger charge is 2.25. The van der Waals surface area contributed by atoms with Crippen molar-refractivity contribution in [3.8, 4) is 5.75 Å². The van der Waals surface area contributed by atoms with Crippen molar-refractivity contribution < 1.29 is 17.9 Å². The number of nitrogens with zero attached hydrogens (tertiary/aromatic N) is 1. The molecule has 0 radical (unpaired) electrons. The van der Waals surface area contributed by atoms with Crippen molar-refractivity contribution in [1.29, 1.82) is 0 Å². The van der Waals surface area contributed by atoms with Gasteiger partial charge < -0.3 is 10.1 Å². The molecule has 1 saturated heterocycles. The van der Waals surface area contributed by atoms with Crippen LogP contribution in [-0.2, 0) is 14.8 Å². The van der Waals surface area contributed by atoms with Gasteiger partial charge in [-0.3, -0.25) is 10.1 Å². The van der Waals surface area contributed by atoms with E-state index in [2.05, 4.69) is 40.4 Å². The Morgan fingerprint density at radius 1 is 1.11 bits per heavy atom. The van der Waals surface area contributed by atoms with Crippen LogP contribution in [0.2, 0.25) is 0 Å². The van der Waals surface area contributed by atoms with E-state index in [0.717, 1.165) is 41.3 Å². The fraction of sp³-hybridized carbons (Fsp3) is 0.440. The number of carbonyl (C=O) groups excluding carboxylic acids is 1. The van der Waals surface area contributed by atoms with E-state index in [1.807, 2.05) is 19.1 Å². The Balaban J connectivity index is 1.55. The van der Waals surface area contributed by atoms with Crippen molar-refractivity contribution >= 4 is 54.9 Å². The first kappa shape index (κ1) is 27.6. The molecule has 0 saturated carbocycles. The molecule has 2 aromatic carbocycles. The van der Waals surface area contributed by atoms with Gasteiger partial charge >= 0.3 is 0 Å². The van der Waals surface area contributed by atoms with Crippen LogP contribution in [0.4, 0.5) is 5.69 Å². The predicted molar refractivity (Wildman–Crippen MR) is 146 cm³/mol. The zero-order valence-corrected chi connectivity index (χ0v) is 23.5. The maximum atomic E-state index is 12.9. The molecule has 0 bridgehead atoms. The summed E-state index contributed by atoms with van der Waals surface area (Å²) in [5.41, 5.74) is 2.60. The van der Waals surface area contributed by atoms with E-state index >= 15 is 0 Å². The SMILES string of the molecule is Cc1cc(OCC(=O)NC(=S)Nc2ccc(S(=O)(=O)N3CCCCCC3)cc2)c(C(C)C)cc1Br. The molecular weight excluding hydrogens is 550 g/mol. The van der Waals surface area contributed by atoms with Crippen LogP contribution in [0.15, 0.2) is 45.8 Å². The third-order valence-electron chi connectivity index (χ3n) is 5.84. The number of nitrogens with one attached hydrogen (secondary N) is 2. The first-order chi connectivity index (χ1) is 16.6. The average Bonchev–Trinajstić information content (AvgIpc) is 3.10. The minimum atomic E-state index is -3.52. The summed E-state index contributed by atoms with van der Waals surface area (Å²) < 4.78 is 34.2. The third-order valence-corrected chi connectivity index (χ3v) is 8.81. The van der Waals surface area contributed by atoms with Crippen LogP contribution in [0.3, 0.4) is 0 Å². The van der Waals surface area contributed by atoms with Gasteiger partial charge in [0.05, 0.1) is 4.90 Å². The summed E-state index contributed by atoms with van der Waals surface area (Å²) in [5.74, 6) is 0.507. The number of hydrogen-bond donors (Lipinski definition) is 2. The highest BCUT2D eigenvalue weighted by atomic mass is 79.9. The second-order valence-corrected chi connectivity index (χ2v) is 12.1. The largest absolute Gasteiger partial charge is 0.483 e. The van der Waals surface area contributed by atoms with E-state index in [4.69, 9.17) is 17.0 Å². The molecule has 35 heavy (non-hydrogen) atoms. The molecule has 1 fully saturated rings. The monoisotopic (exact) mass is 581 g/mol. The highest BCUT2D eigenvalue weighted by molar-refractivity contribution is 9.10. The first-order valence-corrected chi connectivity index (χ1v) is 14.4. The molecule has 7 nitrogen and oxygen atoms in total. The van der Waals surface area contributed by atoms with E-state index in [1.165, 1.54) is 0 Å². The Kier molecular flexibility index (Phi) is 9.69. The number of rotatable bonds is 7. The normalized spacial score (nSPS) is 14.9. The van der Waals surface area contributed by atoms with Gasteiger partial charge in [-0.05, 0) is 85.4 Å². The predicted octanol–water partition coefficient (Wildman–Crippen LogP) is 5.34. The van der Waals surface area contributed by atoms with Crippen LogP contribution < -0.4 is 15.4 Å². The van der Waals surface area contributed by atoms with Gasteiger partial charge in [-0.25, -0.2) is 8.42 Å². The van der Waals surface area contributed by atoms with Crippen molar-refractivity contribution in [2.45, 2.75) is 57.3 Å². The van der Waals surface area contributed by atoms with Crippen molar-refractivity contribution in [3.63, 3.8) is 0 Å². The topological polar surface area (TPSA) is 87.7 Å². The Hall–Kier alpha value is -2.01. The third kappa shape index (κ3) is 7.49. The van der Waals surface area contributed by atoms with Crippen LogP contribution in [0.1, 0.15) is 56.6 Å². The van der Waals surface area contributed by atoms with E-state index in [0.29, 0.717) is 24.5 Å². The zero-order valence-electron chi connectivity index (χ0n) is 20.3. The van der Waals surface area contributed by atoms with Crippen LogP contribution in [-0.4, -0.2) is 43.4 Å². The average molecular weight is 583 g/mol. The molecule has 0 aliphatic carbocycles. The summed E-state index contributed by atoms with van der Waals surface area (Å²) in [5, 5.41) is 5.62. The Bertz CT molecular complexity index is 1160. The molecular formula is C25H32BrN3O4S2.